The fourth-order valence-corrected chi connectivity index (χ4v) is 4.04. The molecule has 0 aliphatic rings. The zero-order chi connectivity index (χ0) is 21.2. The Morgan fingerprint density at radius 3 is 2.24 bits per heavy atom. The molecule has 0 saturated heterocycles. The summed E-state index contributed by atoms with van der Waals surface area (Å²) in [6.45, 7) is 3.63. The fourth-order valence-electron chi connectivity index (χ4n) is 2.58. The zero-order valence-corrected chi connectivity index (χ0v) is 18.0. The van der Waals surface area contributed by atoms with Crippen LogP contribution < -0.4 is 10.0 Å². The minimum atomic E-state index is -3.79. The Bertz CT molecular complexity index is 1180. The molecule has 0 saturated carbocycles. The first-order chi connectivity index (χ1) is 13.7. The second-order valence-corrected chi connectivity index (χ2v) is 9.05. The van der Waals surface area contributed by atoms with Crippen molar-refractivity contribution in [3.63, 3.8) is 0 Å². The summed E-state index contributed by atoms with van der Waals surface area (Å²) in [6.07, 6.45) is 0. The van der Waals surface area contributed by atoms with E-state index in [1.165, 1.54) is 24.3 Å². The van der Waals surface area contributed by atoms with Crippen LogP contribution in [0.15, 0.2) is 65.6 Å². The molecule has 150 valence electrons. The second kappa shape index (κ2) is 8.45. The Morgan fingerprint density at radius 1 is 0.862 bits per heavy atom. The molecule has 1 amide bonds. The van der Waals surface area contributed by atoms with Crippen LogP contribution in [0.25, 0.3) is 0 Å². The molecule has 0 spiro atoms. The molecular weight excluding hydrogens is 431 g/mol. The number of hydrogen-bond acceptors (Lipinski definition) is 3. The molecule has 0 heterocycles. The number of hydrogen-bond donors (Lipinski definition) is 2. The Morgan fingerprint density at radius 2 is 1.55 bits per heavy atom. The van der Waals surface area contributed by atoms with Crippen molar-refractivity contribution in [1.82, 2.24) is 0 Å². The van der Waals surface area contributed by atoms with E-state index in [-0.39, 0.29) is 10.5 Å². The van der Waals surface area contributed by atoms with Gasteiger partial charge in [0.2, 0.25) is 0 Å². The number of sulfonamides is 1. The van der Waals surface area contributed by atoms with Crippen LogP contribution in [0.4, 0.5) is 11.4 Å². The molecule has 5 nitrogen and oxygen atoms in total. The molecule has 0 unspecified atom stereocenters. The maximum atomic E-state index is 12.7. The maximum absolute atomic E-state index is 12.7. The fraction of sp³-hybridized carbons (Fsp3) is 0.0952. The molecule has 0 aromatic heterocycles. The molecule has 0 bridgehead atoms. The Kier molecular flexibility index (Phi) is 6.17. The van der Waals surface area contributed by atoms with E-state index in [1.54, 1.807) is 43.3 Å². The lowest BCUT2D eigenvalue weighted by Gasteiger charge is -2.13. The van der Waals surface area contributed by atoms with Crippen molar-refractivity contribution < 1.29 is 13.2 Å². The van der Waals surface area contributed by atoms with Crippen LogP contribution >= 0.6 is 23.2 Å². The van der Waals surface area contributed by atoms with E-state index in [9.17, 15) is 13.2 Å². The summed E-state index contributed by atoms with van der Waals surface area (Å²) in [4.78, 5) is 12.8. The first-order valence-corrected chi connectivity index (χ1v) is 10.9. The standard InChI is InChI=1S/C21H18Cl2N2O3S/c1-13-3-8-17(9-4-13)29(27,28)25-19-11-15(6-5-14(19)2)21(26)24-20-12-16(22)7-10-18(20)23/h3-12,25H,1-2H3,(H,24,26). The molecule has 0 atom stereocenters. The molecular formula is C21H18Cl2N2O3S. The predicted molar refractivity (Wildman–Crippen MR) is 118 cm³/mol. The van der Waals surface area contributed by atoms with E-state index < -0.39 is 15.9 Å². The molecule has 29 heavy (non-hydrogen) atoms. The number of nitrogens with one attached hydrogen (secondary N) is 2. The number of anilines is 2. The van der Waals surface area contributed by atoms with Gasteiger partial charge in [-0.2, -0.15) is 0 Å². The van der Waals surface area contributed by atoms with Crippen molar-refractivity contribution in [2.24, 2.45) is 0 Å². The van der Waals surface area contributed by atoms with E-state index in [0.717, 1.165) is 5.56 Å². The molecule has 0 aliphatic carbocycles. The highest BCUT2D eigenvalue weighted by atomic mass is 35.5. The summed E-state index contributed by atoms with van der Waals surface area (Å²) in [5.41, 5.74) is 2.59. The molecule has 8 heteroatoms. The van der Waals surface area contributed by atoms with Gasteiger partial charge < -0.3 is 5.32 Å². The van der Waals surface area contributed by atoms with Gasteiger partial charge in [-0.25, -0.2) is 8.42 Å². The molecule has 0 radical (unpaired) electrons. The van der Waals surface area contributed by atoms with Gasteiger partial charge in [-0.1, -0.05) is 47.0 Å². The van der Waals surface area contributed by atoms with Crippen LogP contribution in [0, 0.1) is 13.8 Å². The van der Waals surface area contributed by atoms with E-state index in [4.69, 9.17) is 23.2 Å². The largest absolute Gasteiger partial charge is 0.321 e. The summed E-state index contributed by atoms with van der Waals surface area (Å²) in [6, 6.07) is 16.0. The van der Waals surface area contributed by atoms with Crippen molar-refractivity contribution in [2.75, 3.05) is 10.0 Å². The summed E-state index contributed by atoms with van der Waals surface area (Å²) >= 11 is 12.0. The number of aryl methyl sites for hydroxylation is 2. The number of amides is 1. The highest BCUT2D eigenvalue weighted by molar-refractivity contribution is 7.92. The SMILES string of the molecule is Cc1ccc(S(=O)(=O)Nc2cc(C(=O)Nc3cc(Cl)ccc3Cl)ccc2C)cc1. The van der Waals surface area contributed by atoms with Crippen molar-refractivity contribution in [3.8, 4) is 0 Å². The lowest BCUT2D eigenvalue weighted by atomic mass is 10.1. The number of rotatable bonds is 5. The minimum absolute atomic E-state index is 0.142. The molecule has 3 rings (SSSR count). The van der Waals surface area contributed by atoms with Gasteiger partial charge in [-0.05, 0) is 61.9 Å². The van der Waals surface area contributed by atoms with Gasteiger partial charge in [0.25, 0.3) is 15.9 Å². The highest BCUT2D eigenvalue weighted by Crippen LogP contribution is 2.27. The van der Waals surface area contributed by atoms with Gasteiger partial charge in [-0.15, -0.1) is 0 Å². The van der Waals surface area contributed by atoms with Gasteiger partial charge in [0.05, 0.1) is 21.3 Å². The quantitative estimate of drug-likeness (QED) is 0.528. The van der Waals surface area contributed by atoms with Crippen molar-refractivity contribution in [3.05, 3.63) is 87.4 Å². The van der Waals surface area contributed by atoms with Gasteiger partial charge >= 0.3 is 0 Å². The lowest BCUT2D eigenvalue weighted by molar-refractivity contribution is 0.102. The number of carbonyl (C=O) groups excluding carboxylic acids is 1. The van der Waals surface area contributed by atoms with Crippen LogP contribution in [0.3, 0.4) is 0 Å². The third kappa shape index (κ3) is 5.09. The normalized spacial score (nSPS) is 11.2. The van der Waals surface area contributed by atoms with E-state index in [2.05, 4.69) is 10.0 Å². The van der Waals surface area contributed by atoms with E-state index >= 15 is 0 Å². The summed E-state index contributed by atoms with van der Waals surface area (Å²) in [7, 11) is -3.79. The third-order valence-electron chi connectivity index (χ3n) is 4.25. The monoisotopic (exact) mass is 448 g/mol. The summed E-state index contributed by atoms with van der Waals surface area (Å²) in [5.74, 6) is -0.440. The summed E-state index contributed by atoms with van der Waals surface area (Å²) in [5, 5.41) is 3.46. The lowest BCUT2D eigenvalue weighted by Crippen LogP contribution is -2.16. The first kappa shape index (κ1) is 21.2. The van der Waals surface area contributed by atoms with Crippen LogP contribution in [0.5, 0.6) is 0 Å². The maximum Gasteiger partial charge on any atom is 0.261 e. The van der Waals surface area contributed by atoms with Gasteiger partial charge in [0, 0.05) is 10.6 Å². The minimum Gasteiger partial charge on any atom is -0.321 e. The van der Waals surface area contributed by atoms with Crippen LogP contribution in [-0.2, 0) is 10.0 Å². The Hall–Kier alpha value is -2.54. The molecule has 0 fully saturated rings. The zero-order valence-electron chi connectivity index (χ0n) is 15.7. The average molecular weight is 449 g/mol. The summed E-state index contributed by atoms with van der Waals surface area (Å²) < 4.78 is 27.9. The van der Waals surface area contributed by atoms with Crippen LogP contribution in [-0.4, -0.2) is 14.3 Å². The Balaban J connectivity index is 1.87. The van der Waals surface area contributed by atoms with Crippen LogP contribution in [0.2, 0.25) is 10.0 Å². The van der Waals surface area contributed by atoms with Gasteiger partial charge in [-0.3, -0.25) is 9.52 Å². The highest BCUT2D eigenvalue weighted by Gasteiger charge is 2.17. The van der Waals surface area contributed by atoms with Gasteiger partial charge in [0.15, 0.2) is 0 Å². The van der Waals surface area contributed by atoms with Crippen molar-refractivity contribution in [2.45, 2.75) is 18.7 Å². The number of benzene rings is 3. The molecule has 2 N–H and O–H groups in total. The van der Waals surface area contributed by atoms with Crippen molar-refractivity contribution >= 4 is 50.5 Å². The number of carbonyl (C=O) groups is 1. The Labute approximate surface area is 179 Å². The molecule has 0 aliphatic heterocycles. The second-order valence-electron chi connectivity index (χ2n) is 6.53. The third-order valence-corrected chi connectivity index (χ3v) is 6.20. The van der Waals surface area contributed by atoms with Crippen molar-refractivity contribution in [1.29, 1.82) is 0 Å². The van der Waals surface area contributed by atoms with Gasteiger partial charge in [0.1, 0.15) is 0 Å². The predicted octanol–water partition coefficient (Wildman–Crippen LogP) is 5.66. The smallest absolute Gasteiger partial charge is 0.261 e. The average Bonchev–Trinajstić information content (AvgIpc) is 2.66. The first-order valence-electron chi connectivity index (χ1n) is 8.62. The number of halogens is 2. The molecule has 3 aromatic rings. The van der Waals surface area contributed by atoms with E-state index in [1.807, 2.05) is 6.92 Å². The molecule has 3 aromatic carbocycles. The van der Waals surface area contributed by atoms with E-state index in [0.29, 0.717) is 27.0 Å². The van der Waals surface area contributed by atoms with Crippen LogP contribution in [0.1, 0.15) is 21.5 Å². The topological polar surface area (TPSA) is 75.3 Å².